The van der Waals surface area contributed by atoms with Crippen molar-refractivity contribution in [3.63, 3.8) is 0 Å². The van der Waals surface area contributed by atoms with E-state index in [2.05, 4.69) is 31.9 Å². The molecule has 1 unspecified atom stereocenters. The van der Waals surface area contributed by atoms with E-state index in [0.29, 0.717) is 6.42 Å². The van der Waals surface area contributed by atoms with Crippen LogP contribution in [0.1, 0.15) is 31.2 Å². The van der Waals surface area contributed by atoms with E-state index in [9.17, 15) is 43.2 Å². The molecule has 0 bridgehead atoms. The summed E-state index contributed by atoms with van der Waals surface area (Å²) in [6.07, 6.45) is 2.82. The van der Waals surface area contributed by atoms with Gasteiger partial charge < -0.3 is 47.1 Å². The lowest BCUT2D eigenvalue weighted by molar-refractivity contribution is -0.137. The van der Waals surface area contributed by atoms with Gasteiger partial charge in [0.2, 0.25) is 41.4 Å². The van der Waals surface area contributed by atoms with E-state index in [1.54, 1.807) is 30.3 Å². The molecular formula is C33H46N8O11. The molecule has 2 rings (SSSR count). The fraction of sp³-hybridized carbons (Fsp3) is 0.485. The number of nitrogens with two attached hydrogens (primary N) is 1. The summed E-state index contributed by atoms with van der Waals surface area (Å²) in [5, 5.41) is 14.9. The van der Waals surface area contributed by atoms with Gasteiger partial charge in [0, 0.05) is 57.5 Å². The third kappa shape index (κ3) is 18.9. The molecule has 0 saturated heterocycles. The molecule has 0 aliphatic carbocycles. The molecule has 1 heterocycles. The molecule has 0 saturated carbocycles. The summed E-state index contributed by atoms with van der Waals surface area (Å²) in [5.41, 5.74) is 5.80. The van der Waals surface area contributed by atoms with Crippen LogP contribution < -0.4 is 37.6 Å². The van der Waals surface area contributed by atoms with E-state index in [4.69, 9.17) is 15.2 Å². The van der Waals surface area contributed by atoms with Gasteiger partial charge in [-0.1, -0.05) is 30.3 Å². The topological polar surface area (TPSA) is 274 Å². The van der Waals surface area contributed by atoms with E-state index >= 15 is 0 Å². The van der Waals surface area contributed by atoms with Crippen molar-refractivity contribution in [2.24, 2.45) is 5.73 Å². The molecule has 9 amide bonds. The summed E-state index contributed by atoms with van der Waals surface area (Å²) in [6.45, 7) is -0.176. The number of benzene rings is 1. The van der Waals surface area contributed by atoms with Crippen molar-refractivity contribution in [3.05, 3.63) is 48.0 Å². The first-order valence-corrected chi connectivity index (χ1v) is 16.6. The number of nitrogens with one attached hydrogen (secondary N) is 6. The summed E-state index contributed by atoms with van der Waals surface area (Å²) < 4.78 is 10.7. The van der Waals surface area contributed by atoms with Crippen molar-refractivity contribution in [3.8, 4) is 0 Å². The van der Waals surface area contributed by atoms with E-state index in [-0.39, 0.29) is 84.2 Å². The summed E-state index contributed by atoms with van der Waals surface area (Å²) in [7, 11) is 0. The maximum Gasteiger partial charge on any atom is 0.253 e. The van der Waals surface area contributed by atoms with Crippen LogP contribution in [0.5, 0.6) is 0 Å². The third-order valence-corrected chi connectivity index (χ3v) is 7.05. The number of imide groups is 1. The number of nitrogens with zero attached hydrogens (tertiary/aromatic N) is 1. The first kappa shape index (κ1) is 42.5. The van der Waals surface area contributed by atoms with Crippen LogP contribution in [0.4, 0.5) is 0 Å². The second kappa shape index (κ2) is 24.5. The van der Waals surface area contributed by atoms with E-state index in [0.717, 1.165) is 22.6 Å². The SMILES string of the molecule is NC(=O)CCCNC(=O)CNC(=O)C(Cc1ccccc1)NC(=O)CNC(=O)CNC(=O)CCOCCOCCNC(=O)CCN1C(=O)C=CC1=O. The van der Waals surface area contributed by atoms with Crippen LogP contribution in [0.3, 0.4) is 0 Å². The Morgan fingerprint density at radius 3 is 1.90 bits per heavy atom. The highest BCUT2D eigenvalue weighted by atomic mass is 16.5. The van der Waals surface area contributed by atoms with Crippen LogP contribution in [0.15, 0.2) is 42.5 Å². The van der Waals surface area contributed by atoms with Crippen molar-refractivity contribution in [2.45, 2.75) is 38.1 Å². The fourth-order valence-electron chi connectivity index (χ4n) is 4.36. The molecule has 1 aliphatic heterocycles. The number of carbonyl (C=O) groups excluding carboxylic acids is 9. The number of ether oxygens (including phenoxy) is 2. The molecule has 0 radical (unpaired) electrons. The Hall–Kier alpha value is -5.69. The molecule has 1 atom stereocenters. The van der Waals surface area contributed by atoms with Gasteiger partial charge in [-0.05, 0) is 12.0 Å². The zero-order chi connectivity index (χ0) is 38.1. The van der Waals surface area contributed by atoms with E-state index < -0.39 is 66.4 Å². The van der Waals surface area contributed by atoms with Crippen molar-refractivity contribution in [1.29, 1.82) is 0 Å². The summed E-state index contributed by atoms with van der Waals surface area (Å²) in [4.78, 5) is 108. The van der Waals surface area contributed by atoms with Crippen LogP contribution in [0.2, 0.25) is 0 Å². The first-order valence-electron chi connectivity index (χ1n) is 16.6. The van der Waals surface area contributed by atoms with Crippen molar-refractivity contribution >= 4 is 53.2 Å². The molecule has 1 aromatic carbocycles. The van der Waals surface area contributed by atoms with Gasteiger partial charge in [-0.15, -0.1) is 0 Å². The highest BCUT2D eigenvalue weighted by Gasteiger charge is 2.24. The average molecular weight is 731 g/mol. The lowest BCUT2D eigenvalue weighted by Crippen LogP contribution is -2.52. The number of rotatable bonds is 26. The Balaban J connectivity index is 1.56. The zero-order valence-electron chi connectivity index (χ0n) is 28.7. The Labute approximate surface area is 300 Å². The van der Waals surface area contributed by atoms with Gasteiger partial charge in [-0.3, -0.25) is 48.1 Å². The predicted octanol–water partition coefficient (Wildman–Crippen LogP) is -3.70. The van der Waals surface area contributed by atoms with Crippen LogP contribution in [-0.2, 0) is 59.0 Å². The maximum absolute atomic E-state index is 12.9. The number of hydrogen-bond donors (Lipinski definition) is 7. The van der Waals surface area contributed by atoms with Gasteiger partial charge in [-0.25, -0.2) is 0 Å². The summed E-state index contributed by atoms with van der Waals surface area (Å²) >= 11 is 0. The van der Waals surface area contributed by atoms with Gasteiger partial charge in [-0.2, -0.15) is 0 Å². The smallest absolute Gasteiger partial charge is 0.253 e. The van der Waals surface area contributed by atoms with Gasteiger partial charge in [0.25, 0.3) is 11.8 Å². The third-order valence-electron chi connectivity index (χ3n) is 7.05. The Kier molecular flexibility index (Phi) is 20.0. The van der Waals surface area contributed by atoms with Crippen LogP contribution in [-0.4, -0.2) is 130 Å². The second-order valence-corrected chi connectivity index (χ2v) is 11.2. The molecule has 0 spiro atoms. The lowest BCUT2D eigenvalue weighted by Gasteiger charge is -2.19. The monoisotopic (exact) mass is 730 g/mol. The number of primary amides is 1. The molecule has 1 aromatic rings. The molecule has 284 valence electrons. The van der Waals surface area contributed by atoms with E-state index in [1.165, 1.54) is 0 Å². The van der Waals surface area contributed by atoms with Crippen molar-refractivity contribution in [1.82, 2.24) is 36.8 Å². The van der Waals surface area contributed by atoms with Gasteiger partial charge in [0.05, 0.1) is 46.1 Å². The van der Waals surface area contributed by atoms with Crippen LogP contribution in [0, 0.1) is 0 Å². The molecule has 0 fully saturated rings. The van der Waals surface area contributed by atoms with Crippen LogP contribution >= 0.6 is 0 Å². The maximum atomic E-state index is 12.9. The number of amides is 9. The second-order valence-electron chi connectivity index (χ2n) is 11.2. The Morgan fingerprint density at radius 2 is 1.21 bits per heavy atom. The Bertz CT molecular complexity index is 1420. The minimum absolute atomic E-state index is 0.00666. The molecular weight excluding hydrogens is 684 g/mol. The predicted molar refractivity (Wildman–Crippen MR) is 182 cm³/mol. The van der Waals surface area contributed by atoms with Crippen molar-refractivity contribution in [2.75, 3.05) is 65.7 Å². The largest absolute Gasteiger partial charge is 0.379 e. The van der Waals surface area contributed by atoms with Crippen molar-refractivity contribution < 1.29 is 52.6 Å². The molecule has 52 heavy (non-hydrogen) atoms. The molecule has 19 heteroatoms. The minimum atomic E-state index is -1.06. The Morgan fingerprint density at radius 1 is 0.635 bits per heavy atom. The van der Waals surface area contributed by atoms with Crippen LogP contribution in [0.25, 0.3) is 0 Å². The van der Waals surface area contributed by atoms with Gasteiger partial charge in [0.1, 0.15) is 6.04 Å². The molecule has 0 aromatic heterocycles. The normalized spacial score (nSPS) is 12.5. The van der Waals surface area contributed by atoms with Gasteiger partial charge >= 0.3 is 0 Å². The zero-order valence-corrected chi connectivity index (χ0v) is 28.7. The summed E-state index contributed by atoms with van der Waals surface area (Å²) in [5.74, 6) is -4.61. The molecule has 8 N–H and O–H groups in total. The first-order chi connectivity index (χ1) is 24.9. The average Bonchev–Trinajstić information content (AvgIpc) is 3.44. The summed E-state index contributed by atoms with van der Waals surface area (Å²) in [6, 6.07) is 7.80. The lowest BCUT2D eigenvalue weighted by atomic mass is 10.1. The van der Waals surface area contributed by atoms with Gasteiger partial charge in [0.15, 0.2) is 0 Å². The number of carbonyl (C=O) groups is 9. The molecule has 1 aliphatic rings. The highest BCUT2D eigenvalue weighted by Crippen LogP contribution is 2.05. The fourth-order valence-corrected chi connectivity index (χ4v) is 4.36. The minimum Gasteiger partial charge on any atom is -0.379 e. The molecule has 19 nitrogen and oxygen atoms in total. The standard InChI is InChI=1S/C33H46N8O11/c34-25(42)7-4-12-35-28(45)21-39-33(50)24(19-23-5-2-1-3-6-23)40-30(47)22-38-29(46)20-37-27(44)11-15-51-17-18-52-16-13-36-26(43)10-14-41-31(48)8-9-32(41)49/h1-3,5-6,8-9,24H,4,7,10-22H2,(H2,34,42)(H,35,45)(H,36,43)(H,37,44)(H,38,46)(H,39,50)(H,40,47). The highest BCUT2D eigenvalue weighted by molar-refractivity contribution is 6.13. The van der Waals surface area contributed by atoms with E-state index in [1.807, 2.05) is 0 Å². The quantitative estimate of drug-likeness (QED) is 0.0360. The number of hydrogen-bond acceptors (Lipinski definition) is 11.